The third-order valence-electron chi connectivity index (χ3n) is 1.87. The zero-order valence-electron chi connectivity index (χ0n) is 7.47. The Morgan fingerprint density at radius 3 is 2.21 bits per heavy atom. The van der Waals surface area contributed by atoms with Crippen molar-refractivity contribution < 1.29 is 4.79 Å². The maximum atomic E-state index is 10.3. The average molecular weight is 184 g/mol. The van der Waals surface area contributed by atoms with Gasteiger partial charge in [-0.05, 0) is 5.56 Å². The first-order chi connectivity index (χ1) is 6.80. The van der Waals surface area contributed by atoms with Crippen molar-refractivity contribution in [2.24, 2.45) is 5.92 Å². The zero-order chi connectivity index (χ0) is 10.4. The van der Waals surface area contributed by atoms with Crippen molar-refractivity contribution in [3.63, 3.8) is 0 Å². The lowest BCUT2D eigenvalue weighted by atomic mass is 10.0. The summed E-state index contributed by atoms with van der Waals surface area (Å²) in [5, 5.41) is 17.1. The van der Waals surface area contributed by atoms with Crippen LogP contribution in [0.2, 0.25) is 0 Å². The molecule has 0 aliphatic rings. The number of nitrogens with zero attached hydrogens (tertiary/aromatic N) is 2. The Labute approximate surface area is 82.2 Å². The minimum Gasteiger partial charge on any atom is -0.298 e. The van der Waals surface area contributed by atoms with Crippen molar-refractivity contribution in [3.05, 3.63) is 35.4 Å². The van der Waals surface area contributed by atoms with E-state index >= 15 is 0 Å². The monoisotopic (exact) mass is 184 g/mol. The lowest BCUT2D eigenvalue weighted by Crippen LogP contribution is -1.98. The number of hydrogen-bond donors (Lipinski definition) is 0. The summed E-state index contributed by atoms with van der Waals surface area (Å²) in [7, 11) is 0. The van der Waals surface area contributed by atoms with Crippen LogP contribution in [0.25, 0.3) is 0 Å². The standard InChI is InChI=1S/C11H8N2O/c12-6-11(7-13)5-9-1-3-10(8-14)4-2-9/h1-4,8,11H,5H2. The molecule has 0 aromatic heterocycles. The summed E-state index contributed by atoms with van der Waals surface area (Å²) in [5.74, 6) is -0.614. The molecule has 1 aromatic carbocycles. The molecule has 0 unspecified atom stereocenters. The van der Waals surface area contributed by atoms with Crippen molar-refractivity contribution in [2.45, 2.75) is 6.42 Å². The fourth-order valence-electron chi connectivity index (χ4n) is 1.09. The molecular formula is C11H8N2O. The van der Waals surface area contributed by atoms with Crippen molar-refractivity contribution >= 4 is 6.29 Å². The highest BCUT2D eigenvalue weighted by atomic mass is 16.1. The van der Waals surface area contributed by atoms with E-state index < -0.39 is 5.92 Å². The number of rotatable bonds is 3. The van der Waals surface area contributed by atoms with Gasteiger partial charge in [-0.15, -0.1) is 0 Å². The second-order valence-electron chi connectivity index (χ2n) is 2.87. The molecule has 3 nitrogen and oxygen atoms in total. The Balaban J connectivity index is 2.75. The maximum absolute atomic E-state index is 10.3. The first kappa shape index (κ1) is 9.95. The summed E-state index contributed by atoms with van der Waals surface area (Å²) in [4.78, 5) is 10.3. The van der Waals surface area contributed by atoms with Gasteiger partial charge < -0.3 is 0 Å². The Kier molecular flexibility index (Phi) is 3.41. The normalized spacial score (nSPS) is 9.07. The zero-order valence-corrected chi connectivity index (χ0v) is 7.47. The van der Waals surface area contributed by atoms with Crippen molar-refractivity contribution in [2.75, 3.05) is 0 Å². The van der Waals surface area contributed by atoms with Gasteiger partial charge in [-0.3, -0.25) is 4.79 Å². The molecule has 0 fully saturated rings. The summed E-state index contributed by atoms with van der Waals surface area (Å²) >= 11 is 0. The van der Waals surface area contributed by atoms with E-state index in [1.54, 1.807) is 24.3 Å². The lowest BCUT2D eigenvalue weighted by molar-refractivity contribution is 0.112. The van der Waals surface area contributed by atoms with Crippen LogP contribution >= 0.6 is 0 Å². The average Bonchev–Trinajstić information content (AvgIpc) is 2.26. The molecule has 68 valence electrons. The molecule has 0 saturated carbocycles. The van der Waals surface area contributed by atoms with E-state index in [9.17, 15) is 4.79 Å². The van der Waals surface area contributed by atoms with Gasteiger partial charge >= 0.3 is 0 Å². The minimum absolute atomic E-state index is 0.409. The third-order valence-corrected chi connectivity index (χ3v) is 1.87. The molecule has 14 heavy (non-hydrogen) atoms. The van der Waals surface area contributed by atoms with Crippen LogP contribution in [0.15, 0.2) is 24.3 Å². The summed E-state index contributed by atoms with van der Waals surface area (Å²) < 4.78 is 0. The predicted octanol–water partition coefficient (Wildman–Crippen LogP) is 1.70. The number of carbonyl (C=O) groups is 1. The van der Waals surface area contributed by atoms with E-state index in [1.807, 2.05) is 12.1 Å². The second kappa shape index (κ2) is 4.79. The molecule has 0 aliphatic carbocycles. The maximum Gasteiger partial charge on any atom is 0.150 e. The van der Waals surface area contributed by atoms with Crippen LogP contribution in [0, 0.1) is 28.6 Å². The largest absolute Gasteiger partial charge is 0.298 e. The lowest BCUT2D eigenvalue weighted by Gasteiger charge is -2.00. The Morgan fingerprint density at radius 2 is 1.79 bits per heavy atom. The van der Waals surface area contributed by atoms with E-state index in [1.165, 1.54) is 0 Å². The van der Waals surface area contributed by atoms with Gasteiger partial charge in [0.15, 0.2) is 0 Å². The van der Waals surface area contributed by atoms with Crippen LogP contribution in [-0.4, -0.2) is 6.29 Å². The van der Waals surface area contributed by atoms with E-state index in [0.29, 0.717) is 12.0 Å². The molecule has 3 heteroatoms. The smallest absolute Gasteiger partial charge is 0.150 e. The molecule has 0 heterocycles. The molecular weight excluding hydrogens is 176 g/mol. The number of carbonyl (C=O) groups excluding carboxylic acids is 1. The van der Waals surface area contributed by atoms with Gasteiger partial charge in [0.05, 0.1) is 12.1 Å². The van der Waals surface area contributed by atoms with Crippen LogP contribution in [0.5, 0.6) is 0 Å². The molecule has 0 aliphatic heterocycles. The summed E-state index contributed by atoms with van der Waals surface area (Å²) in [6.07, 6.45) is 1.17. The van der Waals surface area contributed by atoms with Crippen LogP contribution in [0.1, 0.15) is 15.9 Å². The van der Waals surface area contributed by atoms with Gasteiger partial charge in [0.25, 0.3) is 0 Å². The molecule has 0 atom stereocenters. The van der Waals surface area contributed by atoms with E-state index in [-0.39, 0.29) is 0 Å². The fraction of sp³-hybridized carbons (Fsp3) is 0.182. The molecule has 0 amide bonds. The molecule has 1 rings (SSSR count). The summed E-state index contributed by atoms with van der Waals surface area (Å²) in [6, 6.07) is 10.7. The quantitative estimate of drug-likeness (QED) is 0.671. The highest BCUT2D eigenvalue weighted by molar-refractivity contribution is 5.74. The molecule has 0 N–H and O–H groups in total. The molecule has 0 spiro atoms. The van der Waals surface area contributed by atoms with Crippen molar-refractivity contribution in [1.29, 1.82) is 10.5 Å². The van der Waals surface area contributed by atoms with Crippen molar-refractivity contribution in [3.8, 4) is 12.1 Å². The third kappa shape index (κ3) is 2.43. The van der Waals surface area contributed by atoms with E-state index in [2.05, 4.69) is 0 Å². The highest BCUT2D eigenvalue weighted by Gasteiger charge is 2.05. The topological polar surface area (TPSA) is 64.7 Å². The van der Waals surface area contributed by atoms with Gasteiger partial charge in [-0.25, -0.2) is 0 Å². The number of hydrogen-bond acceptors (Lipinski definition) is 3. The Morgan fingerprint density at radius 1 is 1.21 bits per heavy atom. The highest BCUT2D eigenvalue weighted by Crippen LogP contribution is 2.08. The van der Waals surface area contributed by atoms with Crippen molar-refractivity contribution in [1.82, 2.24) is 0 Å². The predicted molar refractivity (Wildman–Crippen MR) is 50.2 cm³/mol. The first-order valence-corrected chi connectivity index (χ1v) is 4.13. The van der Waals surface area contributed by atoms with Crippen LogP contribution in [0.4, 0.5) is 0 Å². The summed E-state index contributed by atoms with van der Waals surface area (Å²) in [5.41, 5.74) is 1.49. The van der Waals surface area contributed by atoms with Crippen LogP contribution in [0.3, 0.4) is 0 Å². The second-order valence-corrected chi connectivity index (χ2v) is 2.87. The first-order valence-electron chi connectivity index (χ1n) is 4.13. The van der Waals surface area contributed by atoms with Gasteiger partial charge in [0, 0.05) is 12.0 Å². The van der Waals surface area contributed by atoms with Gasteiger partial charge in [0.1, 0.15) is 12.2 Å². The van der Waals surface area contributed by atoms with Crippen LogP contribution in [-0.2, 0) is 6.42 Å². The molecule has 0 radical (unpaired) electrons. The van der Waals surface area contributed by atoms with Gasteiger partial charge in [0.2, 0.25) is 0 Å². The van der Waals surface area contributed by atoms with Gasteiger partial charge in [-0.1, -0.05) is 24.3 Å². The van der Waals surface area contributed by atoms with E-state index in [0.717, 1.165) is 11.8 Å². The number of nitriles is 2. The SMILES string of the molecule is N#CC(C#N)Cc1ccc(C=O)cc1. The minimum atomic E-state index is -0.614. The summed E-state index contributed by atoms with van der Waals surface area (Å²) in [6.45, 7) is 0. The number of aldehydes is 1. The molecule has 0 bridgehead atoms. The van der Waals surface area contributed by atoms with Gasteiger partial charge in [-0.2, -0.15) is 10.5 Å². The number of benzene rings is 1. The molecule has 1 aromatic rings. The Hall–Kier alpha value is -2.13. The van der Waals surface area contributed by atoms with Crippen LogP contribution < -0.4 is 0 Å². The molecule has 0 saturated heterocycles. The van der Waals surface area contributed by atoms with E-state index in [4.69, 9.17) is 10.5 Å². The Bertz CT molecular complexity index is 381. The fourth-order valence-corrected chi connectivity index (χ4v) is 1.09.